The molecule has 0 fully saturated rings. The van der Waals surface area contributed by atoms with Crippen molar-refractivity contribution in [3.63, 3.8) is 0 Å². The molecule has 2 aromatic heterocycles. The number of hydrogen-bond acceptors (Lipinski definition) is 5. The first-order chi connectivity index (χ1) is 9.08. The van der Waals surface area contributed by atoms with Gasteiger partial charge in [0.15, 0.2) is 0 Å². The van der Waals surface area contributed by atoms with Crippen LogP contribution in [0.15, 0.2) is 24.3 Å². The Morgan fingerprint density at radius 1 is 1.42 bits per heavy atom. The number of thiazole rings is 1. The predicted molar refractivity (Wildman–Crippen MR) is 73.1 cm³/mol. The Balaban J connectivity index is 2.22. The summed E-state index contributed by atoms with van der Waals surface area (Å²) in [4.78, 5) is 14.7. The number of hydrogen-bond donors (Lipinski definition) is 0. The molecule has 0 radical (unpaired) electrons. The molecule has 3 aromatic rings. The number of fused-ring (bicyclic) bond motifs is 1. The van der Waals surface area contributed by atoms with Crippen LogP contribution >= 0.6 is 22.9 Å². The lowest BCUT2D eigenvalue weighted by molar-refractivity contribution is -0.385. The van der Waals surface area contributed by atoms with E-state index in [9.17, 15) is 10.1 Å². The van der Waals surface area contributed by atoms with Gasteiger partial charge in [0, 0.05) is 0 Å². The van der Waals surface area contributed by atoms with Gasteiger partial charge in [0.05, 0.1) is 15.1 Å². The van der Waals surface area contributed by atoms with E-state index < -0.39 is 4.92 Å². The van der Waals surface area contributed by atoms with Crippen molar-refractivity contribution in [1.82, 2.24) is 14.8 Å². The molecule has 19 heavy (non-hydrogen) atoms. The molecule has 8 heteroatoms. The third-order valence-electron chi connectivity index (χ3n) is 2.62. The van der Waals surface area contributed by atoms with Crippen LogP contribution in [0.5, 0.6) is 0 Å². The SMILES string of the molecule is Cc1nn(-c2nc3ccccc3s2)c(Cl)c1[N+](=O)[O-]. The van der Waals surface area contributed by atoms with E-state index >= 15 is 0 Å². The highest BCUT2D eigenvalue weighted by atomic mass is 35.5. The predicted octanol–water partition coefficient (Wildman–Crippen LogP) is 3.35. The minimum atomic E-state index is -0.533. The lowest BCUT2D eigenvalue weighted by Crippen LogP contribution is -1.95. The lowest BCUT2D eigenvalue weighted by Gasteiger charge is -1.94. The Morgan fingerprint density at radius 3 is 2.79 bits per heavy atom. The zero-order chi connectivity index (χ0) is 13.6. The smallest absolute Gasteiger partial charge is 0.258 e. The number of rotatable bonds is 2. The molecule has 0 unspecified atom stereocenters. The van der Waals surface area contributed by atoms with Crippen LogP contribution in [0.3, 0.4) is 0 Å². The molecule has 3 rings (SSSR count). The van der Waals surface area contributed by atoms with Crippen LogP contribution in [0.25, 0.3) is 15.3 Å². The van der Waals surface area contributed by atoms with E-state index in [1.807, 2.05) is 24.3 Å². The summed E-state index contributed by atoms with van der Waals surface area (Å²) < 4.78 is 2.28. The van der Waals surface area contributed by atoms with Gasteiger partial charge in [0.25, 0.3) is 0 Å². The summed E-state index contributed by atoms with van der Waals surface area (Å²) in [7, 11) is 0. The largest absolute Gasteiger partial charge is 0.329 e. The maximum Gasteiger partial charge on any atom is 0.329 e. The molecule has 0 spiro atoms. The van der Waals surface area contributed by atoms with Gasteiger partial charge in [-0.05, 0) is 19.1 Å². The fourth-order valence-electron chi connectivity index (χ4n) is 1.78. The summed E-state index contributed by atoms with van der Waals surface area (Å²) in [5.41, 5.74) is 0.907. The van der Waals surface area contributed by atoms with Crippen molar-refractivity contribution in [3.8, 4) is 5.13 Å². The van der Waals surface area contributed by atoms with Crippen molar-refractivity contribution in [3.05, 3.63) is 45.2 Å². The number of benzene rings is 1. The normalized spacial score (nSPS) is 11.1. The van der Waals surface area contributed by atoms with Crippen LogP contribution in [0.2, 0.25) is 5.15 Å². The number of aryl methyl sites for hydroxylation is 1. The molecule has 0 aliphatic heterocycles. The van der Waals surface area contributed by atoms with Gasteiger partial charge in [-0.3, -0.25) is 10.1 Å². The second-order valence-corrected chi connectivity index (χ2v) is 5.23. The molecule has 0 aliphatic rings. The Kier molecular flexibility index (Phi) is 2.72. The minimum absolute atomic E-state index is 0.0263. The molecule has 96 valence electrons. The standard InChI is InChI=1S/C11H7ClN4O2S/c1-6-9(16(17)18)10(12)15(14-6)11-13-7-4-2-3-5-8(7)19-11/h2-5H,1H3. The highest BCUT2D eigenvalue weighted by Crippen LogP contribution is 2.32. The summed E-state index contributed by atoms with van der Waals surface area (Å²) in [5.74, 6) is 0. The molecule has 2 heterocycles. The molecule has 0 amide bonds. The monoisotopic (exact) mass is 294 g/mol. The zero-order valence-corrected chi connectivity index (χ0v) is 11.3. The lowest BCUT2D eigenvalue weighted by atomic mass is 10.3. The summed E-state index contributed by atoms with van der Waals surface area (Å²) in [6, 6.07) is 7.58. The van der Waals surface area contributed by atoms with Gasteiger partial charge in [-0.25, -0.2) is 4.98 Å². The minimum Gasteiger partial charge on any atom is -0.258 e. The first-order valence-electron chi connectivity index (χ1n) is 5.33. The number of nitrogens with zero attached hydrogens (tertiary/aromatic N) is 4. The average Bonchev–Trinajstić information content (AvgIpc) is 2.89. The highest BCUT2D eigenvalue weighted by molar-refractivity contribution is 7.20. The molecule has 0 saturated carbocycles. The van der Waals surface area contributed by atoms with Crippen LogP contribution < -0.4 is 0 Å². The molecule has 0 saturated heterocycles. The first-order valence-corrected chi connectivity index (χ1v) is 6.53. The molecular formula is C11H7ClN4O2S. The van der Waals surface area contributed by atoms with Crippen molar-refractivity contribution >= 4 is 38.8 Å². The van der Waals surface area contributed by atoms with Gasteiger partial charge in [-0.1, -0.05) is 35.1 Å². The molecule has 0 atom stereocenters. The zero-order valence-electron chi connectivity index (χ0n) is 9.70. The fourth-order valence-corrected chi connectivity index (χ4v) is 3.07. The molecule has 0 bridgehead atoms. The Bertz CT molecular complexity index is 762. The van der Waals surface area contributed by atoms with Crippen LogP contribution in [0.4, 0.5) is 5.69 Å². The molecule has 1 aromatic carbocycles. The third-order valence-corrected chi connectivity index (χ3v) is 3.97. The van der Waals surface area contributed by atoms with Gasteiger partial charge in [-0.2, -0.15) is 9.78 Å². The van der Waals surface area contributed by atoms with E-state index in [0.717, 1.165) is 10.2 Å². The molecular weight excluding hydrogens is 288 g/mol. The summed E-state index contributed by atoms with van der Waals surface area (Å²) in [5, 5.41) is 15.5. The summed E-state index contributed by atoms with van der Waals surface area (Å²) in [6.07, 6.45) is 0. The Labute approximate surface area is 116 Å². The number of aromatic nitrogens is 3. The van der Waals surface area contributed by atoms with Crippen LogP contribution in [-0.4, -0.2) is 19.7 Å². The van der Waals surface area contributed by atoms with Crippen molar-refractivity contribution in [2.24, 2.45) is 0 Å². The molecule has 0 N–H and O–H groups in total. The Morgan fingerprint density at radius 2 is 2.16 bits per heavy atom. The van der Waals surface area contributed by atoms with Crippen molar-refractivity contribution in [2.45, 2.75) is 6.92 Å². The van der Waals surface area contributed by atoms with Gasteiger partial charge in [-0.15, -0.1) is 0 Å². The van der Waals surface area contributed by atoms with E-state index in [1.54, 1.807) is 6.92 Å². The van der Waals surface area contributed by atoms with Gasteiger partial charge >= 0.3 is 5.69 Å². The maximum atomic E-state index is 10.9. The summed E-state index contributed by atoms with van der Waals surface area (Å²) >= 11 is 7.39. The Hall–Kier alpha value is -1.99. The highest BCUT2D eigenvalue weighted by Gasteiger charge is 2.25. The van der Waals surface area contributed by atoms with E-state index in [4.69, 9.17) is 11.6 Å². The quantitative estimate of drug-likeness (QED) is 0.536. The number of para-hydroxylation sites is 1. The van der Waals surface area contributed by atoms with Gasteiger partial charge in [0.2, 0.25) is 10.3 Å². The van der Waals surface area contributed by atoms with E-state index in [2.05, 4.69) is 10.1 Å². The van der Waals surface area contributed by atoms with Crippen molar-refractivity contribution < 1.29 is 4.92 Å². The van der Waals surface area contributed by atoms with E-state index in [1.165, 1.54) is 16.0 Å². The topological polar surface area (TPSA) is 73.8 Å². The maximum absolute atomic E-state index is 10.9. The number of halogens is 1. The first kappa shape index (κ1) is 12.1. The van der Waals surface area contributed by atoms with E-state index in [0.29, 0.717) is 5.13 Å². The van der Waals surface area contributed by atoms with Crippen molar-refractivity contribution in [2.75, 3.05) is 0 Å². The van der Waals surface area contributed by atoms with Crippen molar-refractivity contribution in [1.29, 1.82) is 0 Å². The van der Waals surface area contributed by atoms with Crippen LogP contribution in [-0.2, 0) is 0 Å². The van der Waals surface area contributed by atoms with Crippen LogP contribution in [0.1, 0.15) is 5.69 Å². The van der Waals surface area contributed by atoms with Crippen LogP contribution in [0, 0.1) is 17.0 Å². The van der Waals surface area contributed by atoms with E-state index in [-0.39, 0.29) is 16.5 Å². The second-order valence-electron chi connectivity index (χ2n) is 3.86. The second kappa shape index (κ2) is 4.29. The van der Waals surface area contributed by atoms with Gasteiger partial charge < -0.3 is 0 Å². The fraction of sp³-hybridized carbons (Fsp3) is 0.0909. The summed E-state index contributed by atoms with van der Waals surface area (Å²) in [6.45, 7) is 1.55. The number of nitro groups is 1. The average molecular weight is 295 g/mol. The molecule has 0 aliphatic carbocycles. The third kappa shape index (κ3) is 1.87. The van der Waals surface area contributed by atoms with Gasteiger partial charge in [0.1, 0.15) is 5.69 Å². The molecule has 6 nitrogen and oxygen atoms in total.